The van der Waals surface area contributed by atoms with Crippen LogP contribution in [0.5, 0.6) is 0 Å². The van der Waals surface area contributed by atoms with Crippen molar-refractivity contribution >= 4 is 11.8 Å². The minimum absolute atomic E-state index is 0.764. The number of nitrogens with one attached hydrogen (secondary N) is 2. The van der Waals surface area contributed by atoms with Crippen molar-refractivity contribution in [3.63, 3.8) is 0 Å². The quantitative estimate of drug-likeness (QED) is 0.0404. The molecule has 2 amide bonds. The summed E-state index contributed by atoms with van der Waals surface area (Å²) in [5.74, 6) is -1.67. The molecule has 84 heavy (non-hydrogen) atoms. The molecule has 6 unspecified atom stereocenters. The first-order valence-corrected chi connectivity index (χ1v) is 26.5. The molecule has 0 radical (unpaired) electrons. The number of carbonyl (C=O) groups is 2. The van der Waals surface area contributed by atoms with Gasteiger partial charge < -0.3 is 180 Å². The van der Waals surface area contributed by atoms with Crippen LogP contribution < -0.4 is 10.6 Å². The predicted octanol–water partition coefficient (Wildman–Crippen LogP) is -16.4. The second-order valence-electron chi connectivity index (χ2n) is 20.9. The molecule has 0 aromatic rings. The number of ether oxygens (including phenoxy) is 12. The third kappa shape index (κ3) is 15.9. The van der Waals surface area contributed by atoms with E-state index in [9.17, 15) is 122 Å². The minimum Gasteiger partial charge on any atom is -0.394 e. The largest absolute Gasteiger partial charge is 0.394 e. The average molecular weight is 1240 g/mol. The molecule has 490 valence electrons. The monoisotopic (exact) mass is 1240 g/mol. The van der Waals surface area contributed by atoms with E-state index in [1.165, 1.54) is 0 Å². The van der Waals surface area contributed by atoms with Gasteiger partial charge in [0, 0.05) is 13.8 Å². The van der Waals surface area contributed by atoms with Crippen LogP contribution in [0.2, 0.25) is 0 Å². The van der Waals surface area contributed by atoms with Gasteiger partial charge in [0.25, 0.3) is 0 Å². The summed E-state index contributed by atoms with van der Waals surface area (Å²) in [6.07, 6.45) is -64.6. The predicted molar refractivity (Wildman–Crippen MR) is 257 cm³/mol. The maximum atomic E-state index is 12.6. The fraction of sp³-hybridized carbons (Fsp3) is 0.957. The number of carbonyl (C=O) groups excluding carboxylic acids is 2. The van der Waals surface area contributed by atoms with Gasteiger partial charge in [0.05, 0.1) is 58.9 Å². The molecular weight excluding hydrogens is 1160 g/mol. The van der Waals surface area contributed by atoms with Crippen LogP contribution in [0.3, 0.4) is 0 Å². The van der Waals surface area contributed by atoms with Gasteiger partial charge in [-0.3, -0.25) is 9.59 Å². The lowest BCUT2D eigenvalue weighted by molar-refractivity contribution is -0.386. The van der Waals surface area contributed by atoms with Gasteiger partial charge in [-0.2, -0.15) is 0 Å². The number of hydrogen-bond donors (Lipinski definition) is 24. The molecule has 0 aliphatic carbocycles. The Balaban J connectivity index is 1.31. The average Bonchev–Trinajstić information content (AvgIpc) is 2.81. The summed E-state index contributed by atoms with van der Waals surface area (Å²) in [7, 11) is 0. The number of hydrogen-bond acceptors (Lipinski definition) is 36. The van der Waals surface area contributed by atoms with Crippen molar-refractivity contribution in [3.05, 3.63) is 0 Å². The highest BCUT2D eigenvalue weighted by molar-refractivity contribution is 5.73. The zero-order valence-corrected chi connectivity index (χ0v) is 44.8. The summed E-state index contributed by atoms with van der Waals surface area (Å²) in [5, 5.41) is 240. The van der Waals surface area contributed by atoms with Crippen LogP contribution in [0.4, 0.5) is 0 Å². The third-order valence-corrected chi connectivity index (χ3v) is 15.0. The van der Waals surface area contributed by atoms with E-state index in [1.54, 1.807) is 0 Å². The first kappa shape index (κ1) is 70.7. The van der Waals surface area contributed by atoms with Crippen LogP contribution in [0.25, 0.3) is 0 Å². The zero-order valence-electron chi connectivity index (χ0n) is 44.8. The van der Waals surface area contributed by atoms with Crippen molar-refractivity contribution in [2.75, 3.05) is 52.9 Å². The maximum Gasteiger partial charge on any atom is 0.217 e. The number of rotatable bonds is 25. The van der Waals surface area contributed by atoms with Gasteiger partial charge in [0.2, 0.25) is 11.8 Å². The molecule has 34 atom stereocenters. The SMILES string of the molecule is CC(=O)N[C@@H](CO)[C@@H](O)[C@H](OC1O[C@H](CO)[C@@H](OC2O[C@H](COC3O[C@H](COC4O[C@H](CO)[C@@H](O)[C@H](O)[C@@H]4O)[C@@H](O)[C@H](OC4O[C@H](CO)[C@@H](O)[C@H](O)[C@@H]4O)[C@@H]3O)[C@@H](O)[C@H](OC3O[C@H](CO)[C@@H](O)[C@H](O)[C@@H]3O)[C@@H]2O)[C@H](O)[C@H]1NC(C)=O)[C@H](O)CO. The lowest BCUT2D eigenvalue weighted by atomic mass is 9.94. The van der Waals surface area contributed by atoms with Crippen molar-refractivity contribution in [2.24, 2.45) is 0 Å². The number of aliphatic hydroxyl groups is 22. The van der Waals surface area contributed by atoms with Gasteiger partial charge in [-0.05, 0) is 0 Å². The van der Waals surface area contributed by atoms with Gasteiger partial charge in [-0.25, -0.2) is 0 Å². The van der Waals surface area contributed by atoms with Gasteiger partial charge >= 0.3 is 0 Å². The third-order valence-electron chi connectivity index (χ3n) is 15.0. The van der Waals surface area contributed by atoms with Gasteiger partial charge in [0.1, 0.15) is 165 Å². The van der Waals surface area contributed by atoms with E-state index in [4.69, 9.17) is 56.8 Å². The molecule has 38 nitrogen and oxygen atoms in total. The highest BCUT2D eigenvalue weighted by Gasteiger charge is 2.57. The molecule has 6 rings (SSSR count). The van der Waals surface area contributed by atoms with Crippen molar-refractivity contribution < 1.29 is 179 Å². The van der Waals surface area contributed by atoms with Crippen LogP contribution in [0, 0.1) is 0 Å². The van der Waals surface area contributed by atoms with Crippen LogP contribution in [-0.2, 0) is 66.4 Å². The Hall–Kier alpha value is -2.42. The van der Waals surface area contributed by atoms with Gasteiger partial charge in [-0.1, -0.05) is 0 Å². The van der Waals surface area contributed by atoms with Crippen molar-refractivity contribution in [2.45, 2.75) is 222 Å². The molecule has 24 N–H and O–H groups in total. The molecular formula is C46H80N2O36. The van der Waals surface area contributed by atoms with Gasteiger partial charge in [-0.15, -0.1) is 0 Å². The fourth-order valence-corrected chi connectivity index (χ4v) is 10.2. The smallest absolute Gasteiger partial charge is 0.217 e. The van der Waals surface area contributed by atoms with E-state index in [2.05, 4.69) is 10.6 Å². The van der Waals surface area contributed by atoms with Crippen molar-refractivity contribution in [1.29, 1.82) is 0 Å². The first-order chi connectivity index (χ1) is 39.7. The fourth-order valence-electron chi connectivity index (χ4n) is 10.2. The van der Waals surface area contributed by atoms with E-state index >= 15 is 0 Å². The maximum absolute atomic E-state index is 12.6. The molecule has 6 heterocycles. The minimum atomic E-state index is -2.36. The molecule has 0 spiro atoms. The Morgan fingerprint density at radius 2 is 0.774 bits per heavy atom. The number of amides is 2. The Kier molecular flexibility index (Phi) is 26.4. The first-order valence-electron chi connectivity index (χ1n) is 26.5. The second kappa shape index (κ2) is 31.4. The van der Waals surface area contributed by atoms with E-state index < -0.39 is 273 Å². The Labute approximate surface area is 475 Å². The highest BCUT2D eigenvalue weighted by Crippen LogP contribution is 2.36. The van der Waals surface area contributed by atoms with Crippen molar-refractivity contribution in [3.8, 4) is 0 Å². The molecule has 0 aromatic heterocycles. The Morgan fingerprint density at radius 3 is 1.19 bits per heavy atom. The topological polar surface area (TPSA) is 614 Å². The van der Waals surface area contributed by atoms with Crippen molar-refractivity contribution in [1.82, 2.24) is 10.6 Å². The molecule has 0 bridgehead atoms. The lowest BCUT2D eigenvalue weighted by Gasteiger charge is -2.49. The molecule has 6 aliphatic rings. The normalized spacial score (nSPS) is 46.4. The summed E-state index contributed by atoms with van der Waals surface area (Å²) in [6.45, 7) is -6.08. The van der Waals surface area contributed by atoms with Crippen LogP contribution in [0.1, 0.15) is 13.8 Å². The summed E-state index contributed by atoms with van der Waals surface area (Å²) in [4.78, 5) is 24.5. The summed E-state index contributed by atoms with van der Waals surface area (Å²) >= 11 is 0. The second-order valence-corrected chi connectivity index (χ2v) is 20.9. The molecule has 38 heteroatoms. The summed E-state index contributed by atoms with van der Waals surface area (Å²) in [6, 6.07) is -3.43. The standard InChI is InChI=1S/C46H80N2O36/c1-11(55)47-13(3-49)22(58)37(14(57)4-50)81-41-21(48-12(2)56)28(64)38(18(8-54)78-41)82-46-36(72)40(84-45-34(70)31(67)25(61)17(7-53)77-45)27(63)20(80-46)10-74-43-35(71)39(83-44-33(69)30(66)24(60)16(6-52)76-44)26(62)19(79-43)9-73-42-32(68)29(65)23(59)15(5-51)75-42/h13-46,49-54,57-72H,3-10H2,1-2H3,(H,47,55)(H,48,56)/t13-,14+,15+,16+,17+,18+,19+,20+,21+,22+,23+,24+,25+,26+,27+,28+,29-,30-,31-,32-,33-,34-,35-,36-,37+,38+,39-,40-,41?,42?,43?,44?,45?,46?/m0/s1. The molecule has 0 aromatic carbocycles. The van der Waals surface area contributed by atoms with E-state index in [0.717, 1.165) is 13.8 Å². The number of aliphatic hydroxyl groups excluding tert-OH is 22. The molecule has 6 saturated heterocycles. The lowest BCUT2D eigenvalue weighted by Crippen LogP contribution is -2.69. The highest BCUT2D eigenvalue weighted by atomic mass is 16.8. The summed E-state index contributed by atoms with van der Waals surface area (Å²) in [5.41, 5.74) is 0. The van der Waals surface area contributed by atoms with Crippen LogP contribution >= 0.6 is 0 Å². The van der Waals surface area contributed by atoms with Crippen LogP contribution in [0.15, 0.2) is 0 Å². The Morgan fingerprint density at radius 1 is 0.405 bits per heavy atom. The molecule has 6 fully saturated rings. The Bertz CT molecular complexity index is 2010. The van der Waals surface area contributed by atoms with Crippen LogP contribution in [-0.4, -0.2) is 386 Å². The van der Waals surface area contributed by atoms with Gasteiger partial charge in [0.15, 0.2) is 37.7 Å². The molecule has 6 aliphatic heterocycles. The van der Waals surface area contributed by atoms with E-state index in [-0.39, 0.29) is 0 Å². The van der Waals surface area contributed by atoms with E-state index in [0.29, 0.717) is 0 Å². The van der Waals surface area contributed by atoms with E-state index in [1.807, 2.05) is 0 Å². The molecule has 0 saturated carbocycles. The zero-order chi connectivity index (χ0) is 62.3. The summed E-state index contributed by atoms with van der Waals surface area (Å²) < 4.78 is 68.6.